The molecule has 0 aliphatic rings. The summed E-state index contributed by atoms with van der Waals surface area (Å²) in [4.78, 5) is 18.0. The molecule has 0 bridgehead atoms. The zero-order chi connectivity index (χ0) is 12.0. The summed E-state index contributed by atoms with van der Waals surface area (Å²) < 4.78 is 0. The van der Waals surface area contributed by atoms with Crippen LogP contribution in [0.25, 0.3) is 0 Å². The number of thiazole rings is 1. The maximum Gasteiger partial charge on any atom is 0.228 e. The van der Waals surface area contributed by atoms with Gasteiger partial charge in [-0.15, -0.1) is 23.7 Å². The van der Waals surface area contributed by atoms with Gasteiger partial charge in [-0.1, -0.05) is 0 Å². The molecule has 0 atom stereocenters. The number of hydrogen-bond donors (Lipinski definition) is 1. The predicted molar refractivity (Wildman–Crippen MR) is 75.3 cm³/mol. The molecule has 1 heterocycles. The summed E-state index contributed by atoms with van der Waals surface area (Å²) in [5.74, 6) is 0.159. The van der Waals surface area contributed by atoms with Gasteiger partial charge >= 0.3 is 0 Å². The highest BCUT2D eigenvalue weighted by atomic mass is 35.5. The molecule has 17 heavy (non-hydrogen) atoms. The Labute approximate surface area is 113 Å². The molecular formula is C11H20ClN3OS. The van der Waals surface area contributed by atoms with Gasteiger partial charge in [0.15, 0.2) is 5.13 Å². The first kappa shape index (κ1) is 16.4. The Hall–Kier alpha value is -0.650. The normalized spacial score (nSPS) is 9.82. The van der Waals surface area contributed by atoms with Crippen LogP contribution in [0.15, 0.2) is 5.38 Å². The van der Waals surface area contributed by atoms with Gasteiger partial charge in [-0.05, 0) is 33.9 Å². The third kappa shape index (κ3) is 5.02. The standard InChI is InChI=1S/C11H19N3OS.ClH/c1-4-14(10(15)6-5-7-12-3)11-13-9(2)8-16-11;/h8,12H,4-7H2,1-3H3;1H. The summed E-state index contributed by atoms with van der Waals surface area (Å²) in [6.45, 7) is 5.48. The monoisotopic (exact) mass is 277 g/mol. The van der Waals surface area contributed by atoms with E-state index in [1.54, 1.807) is 4.90 Å². The number of nitrogens with one attached hydrogen (secondary N) is 1. The number of anilines is 1. The summed E-state index contributed by atoms with van der Waals surface area (Å²) in [5.41, 5.74) is 0.974. The number of rotatable bonds is 6. The van der Waals surface area contributed by atoms with Crippen LogP contribution in [-0.4, -0.2) is 31.0 Å². The van der Waals surface area contributed by atoms with Crippen LogP contribution >= 0.6 is 23.7 Å². The number of carbonyl (C=O) groups excluding carboxylic acids is 1. The van der Waals surface area contributed by atoms with Crippen molar-refractivity contribution in [1.29, 1.82) is 0 Å². The molecule has 6 heteroatoms. The fraction of sp³-hybridized carbons (Fsp3) is 0.636. The molecule has 1 N–H and O–H groups in total. The van der Waals surface area contributed by atoms with Crippen molar-refractivity contribution in [3.05, 3.63) is 11.1 Å². The highest BCUT2D eigenvalue weighted by molar-refractivity contribution is 7.14. The maximum atomic E-state index is 11.9. The Morgan fingerprint density at radius 2 is 2.29 bits per heavy atom. The van der Waals surface area contributed by atoms with Gasteiger partial charge in [-0.3, -0.25) is 9.69 Å². The van der Waals surface area contributed by atoms with E-state index in [-0.39, 0.29) is 18.3 Å². The minimum atomic E-state index is 0. The van der Waals surface area contributed by atoms with Crippen LogP contribution in [0.5, 0.6) is 0 Å². The third-order valence-corrected chi connectivity index (χ3v) is 3.25. The van der Waals surface area contributed by atoms with Gasteiger partial charge in [0.25, 0.3) is 0 Å². The van der Waals surface area contributed by atoms with Crippen LogP contribution in [0.4, 0.5) is 5.13 Å². The van der Waals surface area contributed by atoms with E-state index in [0.29, 0.717) is 13.0 Å². The second-order valence-electron chi connectivity index (χ2n) is 3.62. The molecule has 0 radical (unpaired) electrons. The van der Waals surface area contributed by atoms with E-state index in [1.165, 1.54) is 11.3 Å². The molecule has 0 unspecified atom stereocenters. The molecule has 0 aromatic carbocycles. The lowest BCUT2D eigenvalue weighted by molar-refractivity contribution is -0.118. The van der Waals surface area contributed by atoms with Crippen LogP contribution in [0.3, 0.4) is 0 Å². The summed E-state index contributed by atoms with van der Waals surface area (Å²) >= 11 is 1.53. The van der Waals surface area contributed by atoms with E-state index < -0.39 is 0 Å². The van der Waals surface area contributed by atoms with E-state index in [9.17, 15) is 4.79 Å². The smallest absolute Gasteiger partial charge is 0.228 e. The lowest BCUT2D eigenvalue weighted by Crippen LogP contribution is -2.30. The molecular weight excluding hydrogens is 258 g/mol. The van der Waals surface area contributed by atoms with Crippen molar-refractivity contribution in [2.75, 3.05) is 25.0 Å². The summed E-state index contributed by atoms with van der Waals surface area (Å²) in [6, 6.07) is 0. The van der Waals surface area contributed by atoms with Gasteiger partial charge in [0.05, 0.1) is 5.69 Å². The predicted octanol–water partition coefficient (Wildman–Crippen LogP) is 2.23. The Morgan fingerprint density at radius 1 is 1.59 bits per heavy atom. The summed E-state index contributed by atoms with van der Waals surface area (Å²) in [7, 11) is 1.90. The molecule has 1 amide bonds. The van der Waals surface area contributed by atoms with E-state index in [4.69, 9.17) is 0 Å². The Bertz CT molecular complexity index is 343. The number of halogens is 1. The zero-order valence-corrected chi connectivity index (χ0v) is 12.2. The molecule has 0 aliphatic heterocycles. The molecule has 1 rings (SSSR count). The van der Waals surface area contributed by atoms with E-state index in [2.05, 4.69) is 10.3 Å². The molecule has 0 spiro atoms. The van der Waals surface area contributed by atoms with Crippen molar-refractivity contribution in [2.24, 2.45) is 0 Å². The van der Waals surface area contributed by atoms with Gasteiger partial charge in [-0.2, -0.15) is 0 Å². The SMILES string of the molecule is CCN(C(=O)CCCNC)c1nc(C)cs1.Cl. The maximum absolute atomic E-state index is 11.9. The van der Waals surface area contributed by atoms with Crippen molar-refractivity contribution in [3.63, 3.8) is 0 Å². The number of amides is 1. The van der Waals surface area contributed by atoms with Crippen LogP contribution in [0.2, 0.25) is 0 Å². The van der Waals surface area contributed by atoms with Crippen molar-refractivity contribution in [3.8, 4) is 0 Å². The second kappa shape index (κ2) is 8.44. The van der Waals surface area contributed by atoms with Gasteiger partial charge < -0.3 is 5.32 Å². The third-order valence-electron chi connectivity index (χ3n) is 2.27. The summed E-state index contributed by atoms with van der Waals surface area (Å²) in [5, 5.41) is 5.83. The Kier molecular flexibility index (Phi) is 8.12. The van der Waals surface area contributed by atoms with Gasteiger partial charge in [-0.25, -0.2) is 4.98 Å². The molecule has 1 aromatic rings. The minimum Gasteiger partial charge on any atom is -0.320 e. The van der Waals surface area contributed by atoms with Crippen LogP contribution in [0.1, 0.15) is 25.5 Å². The molecule has 1 aromatic heterocycles. The fourth-order valence-electron chi connectivity index (χ4n) is 1.44. The molecule has 0 aliphatic carbocycles. The van der Waals surface area contributed by atoms with Crippen molar-refractivity contribution < 1.29 is 4.79 Å². The lowest BCUT2D eigenvalue weighted by atomic mass is 10.3. The van der Waals surface area contributed by atoms with Gasteiger partial charge in [0.1, 0.15) is 0 Å². The van der Waals surface area contributed by atoms with Crippen LogP contribution in [-0.2, 0) is 4.79 Å². The zero-order valence-electron chi connectivity index (χ0n) is 10.5. The molecule has 98 valence electrons. The average molecular weight is 278 g/mol. The lowest BCUT2D eigenvalue weighted by Gasteiger charge is -2.17. The van der Waals surface area contributed by atoms with Crippen molar-refractivity contribution >= 4 is 34.8 Å². The van der Waals surface area contributed by atoms with E-state index in [1.807, 2.05) is 26.3 Å². The quantitative estimate of drug-likeness (QED) is 0.811. The number of nitrogens with zero attached hydrogens (tertiary/aromatic N) is 2. The second-order valence-corrected chi connectivity index (χ2v) is 4.45. The Balaban J connectivity index is 0.00000256. The van der Waals surface area contributed by atoms with Gasteiger partial charge in [0, 0.05) is 18.3 Å². The first-order chi connectivity index (χ1) is 7.69. The molecule has 0 saturated heterocycles. The largest absolute Gasteiger partial charge is 0.320 e. The number of aromatic nitrogens is 1. The molecule has 0 fully saturated rings. The number of aryl methyl sites for hydroxylation is 1. The van der Waals surface area contributed by atoms with E-state index >= 15 is 0 Å². The fourth-order valence-corrected chi connectivity index (χ4v) is 2.32. The number of carbonyl (C=O) groups is 1. The van der Waals surface area contributed by atoms with Crippen LogP contribution in [0, 0.1) is 6.92 Å². The molecule has 4 nitrogen and oxygen atoms in total. The Morgan fingerprint density at radius 3 is 2.76 bits per heavy atom. The minimum absolute atomic E-state index is 0. The summed E-state index contributed by atoms with van der Waals surface area (Å²) in [6.07, 6.45) is 1.45. The van der Waals surface area contributed by atoms with Crippen LogP contribution < -0.4 is 10.2 Å². The first-order valence-electron chi connectivity index (χ1n) is 5.56. The first-order valence-corrected chi connectivity index (χ1v) is 6.44. The highest BCUT2D eigenvalue weighted by Gasteiger charge is 2.15. The topological polar surface area (TPSA) is 45.2 Å². The van der Waals surface area contributed by atoms with Crippen molar-refractivity contribution in [1.82, 2.24) is 10.3 Å². The average Bonchev–Trinajstić information content (AvgIpc) is 2.66. The highest BCUT2D eigenvalue weighted by Crippen LogP contribution is 2.20. The van der Waals surface area contributed by atoms with Gasteiger partial charge in [0.2, 0.25) is 5.91 Å². The van der Waals surface area contributed by atoms with Crippen molar-refractivity contribution in [2.45, 2.75) is 26.7 Å². The molecule has 0 saturated carbocycles. The number of hydrogen-bond acceptors (Lipinski definition) is 4. The van der Waals surface area contributed by atoms with E-state index in [0.717, 1.165) is 23.8 Å².